The van der Waals surface area contributed by atoms with Gasteiger partial charge in [0.05, 0.1) is 5.56 Å². The fraction of sp³-hybridized carbons (Fsp3) is 0.444. The summed E-state index contributed by atoms with van der Waals surface area (Å²) in [7, 11) is 0. The van der Waals surface area contributed by atoms with E-state index in [0.717, 1.165) is 12.1 Å². The molecule has 1 aromatic rings. The highest BCUT2D eigenvalue weighted by Gasteiger charge is 1.99. The van der Waals surface area contributed by atoms with Crippen LogP contribution in [0.1, 0.15) is 24.3 Å². The average molecular weight is 180 g/mol. The van der Waals surface area contributed by atoms with E-state index in [1.807, 2.05) is 11.4 Å². The molecule has 1 aromatic heterocycles. The van der Waals surface area contributed by atoms with Gasteiger partial charge in [-0.2, -0.15) is 5.26 Å². The Morgan fingerprint density at radius 3 is 2.92 bits per heavy atom. The zero-order valence-electron chi connectivity index (χ0n) is 7.29. The van der Waals surface area contributed by atoms with Gasteiger partial charge in [-0.3, -0.25) is 0 Å². The van der Waals surface area contributed by atoms with E-state index in [4.69, 9.17) is 5.26 Å². The third kappa shape index (κ3) is 2.65. The lowest BCUT2D eigenvalue weighted by atomic mass is 10.3. The second kappa shape index (κ2) is 4.24. The number of hydrogen-bond acceptors (Lipinski definition) is 3. The molecule has 0 aromatic carbocycles. The van der Waals surface area contributed by atoms with Gasteiger partial charge in [-0.1, -0.05) is 13.8 Å². The van der Waals surface area contributed by atoms with Gasteiger partial charge in [0.25, 0.3) is 0 Å². The minimum absolute atomic E-state index is 0.498. The first kappa shape index (κ1) is 9.24. The van der Waals surface area contributed by atoms with Crippen molar-refractivity contribution in [2.24, 2.45) is 0 Å². The summed E-state index contributed by atoms with van der Waals surface area (Å²) in [6, 6.07) is 4.55. The Hall–Kier alpha value is -0.850. The monoisotopic (exact) mass is 180 g/mol. The standard InChI is InChI=1S/C9H12N2S/c1-7(2)11-5-9-3-8(4-10)6-12-9/h3,6-7,11H,5H2,1-2H3. The highest BCUT2D eigenvalue weighted by Crippen LogP contribution is 2.13. The molecular formula is C9H12N2S. The molecule has 0 unspecified atom stereocenters. The van der Waals surface area contributed by atoms with E-state index in [9.17, 15) is 0 Å². The van der Waals surface area contributed by atoms with Crippen LogP contribution in [0.2, 0.25) is 0 Å². The summed E-state index contributed by atoms with van der Waals surface area (Å²) in [5.41, 5.74) is 0.764. The SMILES string of the molecule is CC(C)NCc1cc(C#N)cs1. The maximum atomic E-state index is 8.56. The fourth-order valence-corrected chi connectivity index (χ4v) is 1.60. The molecule has 12 heavy (non-hydrogen) atoms. The van der Waals surface area contributed by atoms with E-state index in [2.05, 4.69) is 25.2 Å². The summed E-state index contributed by atoms with van der Waals surface area (Å²) in [6.45, 7) is 5.08. The van der Waals surface area contributed by atoms with E-state index in [0.29, 0.717) is 6.04 Å². The molecule has 2 nitrogen and oxygen atoms in total. The maximum Gasteiger partial charge on any atom is 0.100 e. The molecule has 1 heterocycles. The van der Waals surface area contributed by atoms with Crippen LogP contribution in [0, 0.1) is 11.3 Å². The molecule has 0 radical (unpaired) electrons. The quantitative estimate of drug-likeness (QED) is 0.773. The molecule has 64 valence electrons. The van der Waals surface area contributed by atoms with E-state index >= 15 is 0 Å². The van der Waals surface area contributed by atoms with Gasteiger partial charge in [-0.05, 0) is 6.07 Å². The van der Waals surface area contributed by atoms with Crippen LogP contribution in [0.4, 0.5) is 0 Å². The van der Waals surface area contributed by atoms with Crippen LogP contribution < -0.4 is 5.32 Å². The Labute approximate surface area is 76.8 Å². The van der Waals surface area contributed by atoms with E-state index in [1.165, 1.54) is 4.88 Å². The third-order valence-corrected chi connectivity index (χ3v) is 2.40. The summed E-state index contributed by atoms with van der Waals surface area (Å²) in [5, 5.41) is 13.8. The van der Waals surface area contributed by atoms with Crippen molar-refractivity contribution >= 4 is 11.3 Å². The van der Waals surface area contributed by atoms with Gasteiger partial charge in [0.2, 0.25) is 0 Å². The van der Waals surface area contributed by atoms with E-state index < -0.39 is 0 Å². The zero-order chi connectivity index (χ0) is 8.97. The lowest BCUT2D eigenvalue weighted by Crippen LogP contribution is -2.21. The molecule has 0 aliphatic heterocycles. The second-order valence-electron chi connectivity index (χ2n) is 2.95. The summed E-state index contributed by atoms with van der Waals surface area (Å²) in [5.74, 6) is 0. The van der Waals surface area contributed by atoms with Crippen LogP contribution >= 0.6 is 11.3 Å². The topological polar surface area (TPSA) is 35.8 Å². The lowest BCUT2D eigenvalue weighted by molar-refractivity contribution is 0.593. The first-order valence-electron chi connectivity index (χ1n) is 3.93. The van der Waals surface area contributed by atoms with Gasteiger partial charge in [-0.25, -0.2) is 0 Å². The molecule has 0 aliphatic rings. The zero-order valence-corrected chi connectivity index (χ0v) is 8.11. The lowest BCUT2D eigenvalue weighted by Gasteiger charge is -2.04. The highest BCUT2D eigenvalue weighted by molar-refractivity contribution is 7.10. The molecule has 0 aliphatic carbocycles. The van der Waals surface area contributed by atoms with E-state index in [1.54, 1.807) is 11.3 Å². The molecule has 0 fully saturated rings. The van der Waals surface area contributed by atoms with Crippen LogP contribution in [0.3, 0.4) is 0 Å². The van der Waals surface area contributed by atoms with Crippen LogP contribution in [-0.4, -0.2) is 6.04 Å². The fourth-order valence-electron chi connectivity index (χ4n) is 0.837. The minimum atomic E-state index is 0.498. The molecule has 0 spiro atoms. The number of rotatable bonds is 3. The summed E-state index contributed by atoms with van der Waals surface area (Å²) < 4.78 is 0. The molecule has 1 rings (SSSR count). The predicted octanol–water partition coefficient (Wildman–Crippen LogP) is 2.12. The van der Waals surface area contributed by atoms with Crippen LogP contribution in [0.25, 0.3) is 0 Å². The van der Waals surface area contributed by atoms with Crippen LogP contribution in [0.15, 0.2) is 11.4 Å². The van der Waals surface area contributed by atoms with Gasteiger partial charge in [0, 0.05) is 22.8 Å². The molecule has 0 atom stereocenters. The number of nitrogens with zero attached hydrogens (tertiary/aromatic N) is 1. The summed E-state index contributed by atoms with van der Waals surface area (Å²) >= 11 is 1.63. The number of thiophene rings is 1. The second-order valence-corrected chi connectivity index (χ2v) is 3.94. The number of hydrogen-bond donors (Lipinski definition) is 1. The number of nitrogens with one attached hydrogen (secondary N) is 1. The number of nitriles is 1. The summed E-state index contributed by atoms with van der Waals surface area (Å²) in [6.07, 6.45) is 0. The Balaban J connectivity index is 2.48. The van der Waals surface area contributed by atoms with Crippen molar-refractivity contribution in [3.8, 4) is 6.07 Å². The van der Waals surface area contributed by atoms with Crippen LogP contribution in [-0.2, 0) is 6.54 Å². The highest BCUT2D eigenvalue weighted by atomic mass is 32.1. The van der Waals surface area contributed by atoms with Crippen molar-refractivity contribution < 1.29 is 0 Å². The molecule has 3 heteroatoms. The van der Waals surface area contributed by atoms with Gasteiger partial charge >= 0.3 is 0 Å². The van der Waals surface area contributed by atoms with Crippen molar-refractivity contribution in [1.29, 1.82) is 5.26 Å². The first-order valence-corrected chi connectivity index (χ1v) is 4.81. The van der Waals surface area contributed by atoms with Gasteiger partial charge in [-0.15, -0.1) is 11.3 Å². The van der Waals surface area contributed by atoms with Crippen molar-refractivity contribution in [2.45, 2.75) is 26.4 Å². The normalized spacial score (nSPS) is 10.2. The third-order valence-electron chi connectivity index (χ3n) is 1.47. The van der Waals surface area contributed by atoms with Gasteiger partial charge in [0.1, 0.15) is 6.07 Å². The Kier molecular flexibility index (Phi) is 3.27. The molecule has 0 saturated carbocycles. The summed E-state index contributed by atoms with van der Waals surface area (Å²) in [4.78, 5) is 1.22. The molecule has 0 amide bonds. The molecule has 0 saturated heterocycles. The van der Waals surface area contributed by atoms with Crippen molar-refractivity contribution in [3.63, 3.8) is 0 Å². The Morgan fingerprint density at radius 2 is 2.42 bits per heavy atom. The predicted molar refractivity (Wildman–Crippen MR) is 51.0 cm³/mol. The average Bonchev–Trinajstić information content (AvgIpc) is 2.48. The van der Waals surface area contributed by atoms with Gasteiger partial charge < -0.3 is 5.32 Å². The van der Waals surface area contributed by atoms with E-state index in [-0.39, 0.29) is 0 Å². The van der Waals surface area contributed by atoms with Crippen molar-refractivity contribution in [3.05, 3.63) is 21.9 Å². The Bertz CT molecular complexity index is 283. The van der Waals surface area contributed by atoms with Gasteiger partial charge in [0.15, 0.2) is 0 Å². The largest absolute Gasteiger partial charge is 0.310 e. The molecule has 1 N–H and O–H groups in total. The molecular weight excluding hydrogens is 168 g/mol. The first-order chi connectivity index (χ1) is 5.72. The van der Waals surface area contributed by atoms with Crippen molar-refractivity contribution in [1.82, 2.24) is 5.32 Å². The Morgan fingerprint density at radius 1 is 1.67 bits per heavy atom. The van der Waals surface area contributed by atoms with Crippen molar-refractivity contribution in [2.75, 3.05) is 0 Å². The smallest absolute Gasteiger partial charge is 0.100 e. The maximum absolute atomic E-state index is 8.56. The van der Waals surface area contributed by atoms with Crippen LogP contribution in [0.5, 0.6) is 0 Å². The minimum Gasteiger partial charge on any atom is -0.310 e. The molecule has 0 bridgehead atoms.